The molecule has 7 heteroatoms. The zero-order valence-electron chi connectivity index (χ0n) is 16.1. The minimum absolute atomic E-state index is 0.165. The highest BCUT2D eigenvalue weighted by Gasteiger charge is 2.27. The van der Waals surface area contributed by atoms with Crippen molar-refractivity contribution in [3.8, 4) is 11.3 Å². The molecule has 0 spiro atoms. The summed E-state index contributed by atoms with van der Waals surface area (Å²) in [6.07, 6.45) is -0.368. The Morgan fingerprint density at radius 1 is 1.00 bits per heavy atom. The first-order chi connectivity index (χ1) is 14.5. The minimum atomic E-state index is -0.482. The van der Waals surface area contributed by atoms with Gasteiger partial charge in [-0.3, -0.25) is 9.59 Å². The molecule has 1 aliphatic heterocycles. The summed E-state index contributed by atoms with van der Waals surface area (Å²) < 4.78 is 19.0. The van der Waals surface area contributed by atoms with Gasteiger partial charge in [0.15, 0.2) is 0 Å². The highest BCUT2D eigenvalue weighted by Crippen LogP contribution is 2.25. The van der Waals surface area contributed by atoms with E-state index in [2.05, 4.69) is 0 Å². The van der Waals surface area contributed by atoms with Crippen molar-refractivity contribution < 1.29 is 18.7 Å². The van der Waals surface area contributed by atoms with Gasteiger partial charge < -0.3 is 15.4 Å². The van der Waals surface area contributed by atoms with Gasteiger partial charge in [0, 0.05) is 23.2 Å². The first-order valence-electron chi connectivity index (χ1n) is 9.55. The summed E-state index contributed by atoms with van der Waals surface area (Å²) in [5.41, 5.74) is 8.44. The molecule has 2 heterocycles. The lowest BCUT2D eigenvalue weighted by Crippen LogP contribution is -2.42. The second-order valence-electron chi connectivity index (χ2n) is 7.01. The molecule has 1 saturated heterocycles. The van der Waals surface area contributed by atoms with E-state index in [0.717, 1.165) is 11.3 Å². The van der Waals surface area contributed by atoms with Gasteiger partial charge >= 0.3 is 0 Å². The van der Waals surface area contributed by atoms with Gasteiger partial charge in [-0.2, -0.15) is 0 Å². The zero-order chi connectivity index (χ0) is 21.1. The molecular formula is C23H20FN3O3. The van der Waals surface area contributed by atoms with Crippen LogP contribution in [0.25, 0.3) is 11.3 Å². The number of rotatable bonds is 4. The number of aromatic nitrogens is 1. The van der Waals surface area contributed by atoms with Crippen LogP contribution in [0.15, 0.2) is 66.7 Å². The molecule has 0 bridgehead atoms. The molecule has 6 nitrogen and oxygen atoms in total. The first kappa shape index (κ1) is 19.7. The summed E-state index contributed by atoms with van der Waals surface area (Å²) in [7, 11) is 0. The molecular weight excluding hydrogens is 385 g/mol. The average Bonchev–Trinajstić information content (AvgIpc) is 2.79. The van der Waals surface area contributed by atoms with Crippen molar-refractivity contribution in [2.75, 3.05) is 19.7 Å². The molecule has 30 heavy (non-hydrogen) atoms. The number of amides is 2. The van der Waals surface area contributed by atoms with Crippen molar-refractivity contribution in [1.29, 1.82) is 0 Å². The number of hydrogen-bond acceptors (Lipinski definition) is 4. The average molecular weight is 405 g/mol. The van der Waals surface area contributed by atoms with Crippen molar-refractivity contribution in [3.63, 3.8) is 0 Å². The van der Waals surface area contributed by atoms with E-state index in [1.54, 1.807) is 29.2 Å². The Hall–Kier alpha value is -3.58. The summed E-state index contributed by atoms with van der Waals surface area (Å²) in [5.74, 6) is -1.03. The van der Waals surface area contributed by atoms with Gasteiger partial charge in [0.05, 0.1) is 24.5 Å². The Bertz CT molecular complexity index is 1070. The smallest absolute Gasteiger partial charge is 0.254 e. The molecule has 2 aromatic carbocycles. The van der Waals surface area contributed by atoms with E-state index < -0.39 is 5.91 Å². The molecule has 0 saturated carbocycles. The predicted molar refractivity (Wildman–Crippen MR) is 109 cm³/mol. The van der Waals surface area contributed by atoms with Crippen molar-refractivity contribution in [2.24, 2.45) is 5.73 Å². The van der Waals surface area contributed by atoms with Crippen LogP contribution < -0.4 is 5.73 Å². The number of pyridine rings is 1. The molecule has 1 aliphatic rings. The standard InChI is InChI=1S/C23H20FN3O3/c24-18-10-8-17(9-11-18)23(29)27-12-13-30-21(14-27)20-3-1-2-19(26-20)15-4-6-16(7-5-15)22(25)28/h1-11,21H,12-14H2,(H2,25,28)/t21-/m1/s1. The maximum Gasteiger partial charge on any atom is 0.254 e. The Morgan fingerprint density at radius 3 is 2.40 bits per heavy atom. The first-order valence-corrected chi connectivity index (χ1v) is 9.55. The van der Waals surface area contributed by atoms with Crippen LogP contribution in [0.1, 0.15) is 32.5 Å². The van der Waals surface area contributed by atoms with E-state index in [0.29, 0.717) is 36.5 Å². The second-order valence-corrected chi connectivity index (χ2v) is 7.01. The number of halogens is 1. The van der Waals surface area contributed by atoms with Crippen LogP contribution in [0.3, 0.4) is 0 Å². The predicted octanol–water partition coefficient (Wildman–Crippen LogP) is 3.20. The Kier molecular flexibility index (Phi) is 5.54. The number of morpholine rings is 1. The van der Waals surface area contributed by atoms with Crippen LogP contribution >= 0.6 is 0 Å². The summed E-state index contributed by atoms with van der Waals surface area (Å²) in [6, 6.07) is 18.0. The number of nitrogens with zero attached hydrogens (tertiary/aromatic N) is 2. The van der Waals surface area contributed by atoms with Gasteiger partial charge in [-0.05, 0) is 48.5 Å². The highest BCUT2D eigenvalue weighted by atomic mass is 19.1. The zero-order valence-corrected chi connectivity index (χ0v) is 16.1. The number of ether oxygens (including phenoxy) is 1. The third-order valence-electron chi connectivity index (χ3n) is 5.01. The molecule has 4 rings (SSSR count). The van der Waals surface area contributed by atoms with Crippen molar-refractivity contribution in [3.05, 3.63) is 89.4 Å². The molecule has 3 aromatic rings. The maximum absolute atomic E-state index is 13.1. The van der Waals surface area contributed by atoms with Crippen LogP contribution in [0.2, 0.25) is 0 Å². The molecule has 2 N–H and O–H groups in total. The van der Waals surface area contributed by atoms with Crippen LogP contribution in [0.5, 0.6) is 0 Å². The molecule has 1 atom stereocenters. The van der Waals surface area contributed by atoms with Gasteiger partial charge in [0.2, 0.25) is 5.91 Å². The summed E-state index contributed by atoms with van der Waals surface area (Å²) in [5, 5.41) is 0. The molecule has 1 fully saturated rings. The third-order valence-corrected chi connectivity index (χ3v) is 5.01. The minimum Gasteiger partial charge on any atom is -0.368 e. The highest BCUT2D eigenvalue weighted by molar-refractivity contribution is 5.94. The van der Waals surface area contributed by atoms with Crippen molar-refractivity contribution in [2.45, 2.75) is 6.10 Å². The summed E-state index contributed by atoms with van der Waals surface area (Å²) in [4.78, 5) is 30.4. The number of benzene rings is 2. The number of hydrogen-bond donors (Lipinski definition) is 1. The van der Waals surface area contributed by atoms with Gasteiger partial charge in [-0.25, -0.2) is 9.37 Å². The summed E-state index contributed by atoms with van der Waals surface area (Å²) >= 11 is 0. The molecule has 0 radical (unpaired) electrons. The number of nitrogens with two attached hydrogens (primary N) is 1. The molecule has 1 aromatic heterocycles. The Labute approximate surface area is 173 Å². The Morgan fingerprint density at radius 2 is 1.70 bits per heavy atom. The lowest BCUT2D eigenvalue weighted by molar-refractivity contribution is -0.0246. The van der Waals surface area contributed by atoms with Crippen molar-refractivity contribution in [1.82, 2.24) is 9.88 Å². The monoisotopic (exact) mass is 405 g/mol. The van der Waals surface area contributed by atoms with Crippen LogP contribution in [0, 0.1) is 5.82 Å². The SMILES string of the molecule is NC(=O)c1ccc(-c2cccc([C@H]3CN(C(=O)c4ccc(F)cc4)CCO3)n2)cc1. The lowest BCUT2D eigenvalue weighted by atomic mass is 10.1. The maximum atomic E-state index is 13.1. The van der Waals surface area contributed by atoms with Crippen LogP contribution in [0.4, 0.5) is 4.39 Å². The van der Waals surface area contributed by atoms with Gasteiger partial charge in [-0.15, -0.1) is 0 Å². The van der Waals surface area contributed by atoms with E-state index in [9.17, 15) is 14.0 Å². The van der Waals surface area contributed by atoms with Crippen molar-refractivity contribution >= 4 is 11.8 Å². The third kappa shape index (κ3) is 4.21. The Balaban J connectivity index is 1.52. The van der Waals surface area contributed by atoms with Crippen LogP contribution in [-0.4, -0.2) is 41.4 Å². The molecule has 2 amide bonds. The van der Waals surface area contributed by atoms with Gasteiger partial charge in [-0.1, -0.05) is 18.2 Å². The molecule has 0 unspecified atom stereocenters. The summed E-state index contributed by atoms with van der Waals surface area (Å²) in [6.45, 7) is 1.20. The van der Waals surface area contributed by atoms with E-state index in [4.69, 9.17) is 15.5 Å². The van der Waals surface area contributed by atoms with Gasteiger partial charge in [0.25, 0.3) is 5.91 Å². The van der Waals surface area contributed by atoms with E-state index in [1.807, 2.05) is 18.2 Å². The normalized spacial score (nSPS) is 16.3. The molecule has 152 valence electrons. The lowest BCUT2D eigenvalue weighted by Gasteiger charge is -2.33. The van der Waals surface area contributed by atoms with E-state index in [-0.39, 0.29) is 17.8 Å². The van der Waals surface area contributed by atoms with Gasteiger partial charge in [0.1, 0.15) is 11.9 Å². The fourth-order valence-corrected chi connectivity index (χ4v) is 3.38. The molecule has 0 aliphatic carbocycles. The largest absolute Gasteiger partial charge is 0.368 e. The topological polar surface area (TPSA) is 85.5 Å². The number of carbonyl (C=O) groups is 2. The fraction of sp³-hybridized carbons (Fsp3) is 0.174. The number of carbonyl (C=O) groups excluding carboxylic acids is 2. The van der Waals surface area contributed by atoms with E-state index in [1.165, 1.54) is 24.3 Å². The van der Waals surface area contributed by atoms with E-state index >= 15 is 0 Å². The second kappa shape index (κ2) is 8.42. The van der Waals surface area contributed by atoms with Crippen LogP contribution in [-0.2, 0) is 4.74 Å². The quantitative estimate of drug-likeness (QED) is 0.722. The number of primary amides is 1. The fourth-order valence-electron chi connectivity index (χ4n) is 3.38.